The second-order valence-corrected chi connectivity index (χ2v) is 5.15. The first-order valence-corrected chi connectivity index (χ1v) is 6.93. The molecule has 0 amide bonds. The summed E-state index contributed by atoms with van der Waals surface area (Å²) in [6.45, 7) is 4.63. The van der Waals surface area contributed by atoms with Gasteiger partial charge in [-0.25, -0.2) is 14.4 Å². The van der Waals surface area contributed by atoms with E-state index in [-0.39, 0.29) is 5.82 Å². The van der Waals surface area contributed by atoms with E-state index in [0.29, 0.717) is 5.95 Å². The predicted octanol–water partition coefficient (Wildman–Crippen LogP) is 3.37. The van der Waals surface area contributed by atoms with Crippen molar-refractivity contribution in [2.45, 2.75) is 20.3 Å². The zero-order valence-corrected chi connectivity index (χ0v) is 12.1. The molecule has 0 spiro atoms. The maximum atomic E-state index is 13.1. The van der Waals surface area contributed by atoms with Crippen molar-refractivity contribution in [3.63, 3.8) is 0 Å². The van der Waals surface area contributed by atoms with Gasteiger partial charge in [0.15, 0.2) is 0 Å². The van der Waals surface area contributed by atoms with Gasteiger partial charge < -0.3 is 10.3 Å². The summed E-state index contributed by atoms with van der Waals surface area (Å²) in [5, 5.41) is 4.29. The molecular weight excluding hydrogens is 267 g/mol. The molecule has 2 N–H and O–H groups in total. The van der Waals surface area contributed by atoms with Crippen LogP contribution in [-0.4, -0.2) is 21.5 Å². The van der Waals surface area contributed by atoms with Crippen LogP contribution in [0.1, 0.15) is 17.0 Å². The van der Waals surface area contributed by atoms with Crippen LogP contribution in [0, 0.1) is 19.7 Å². The lowest BCUT2D eigenvalue weighted by Gasteiger charge is -2.06. The highest BCUT2D eigenvalue weighted by Crippen LogP contribution is 2.19. The largest absolute Gasteiger partial charge is 0.361 e. The zero-order valence-electron chi connectivity index (χ0n) is 12.1. The van der Waals surface area contributed by atoms with E-state index in [4.69, 9.17) is 0 Å². The Morgan fingerprint density at radius 3 is 2.67 bits per heavy atom. The fourth-order valence-corrected chi connectivity index (χ4v) is 2.48. The number of aryl methyl sites for hydroxylation is 2. The van der Waals surface area contributed by atoms with Gasteiger partial charge in [-0.05, 0) is 50.1 Å². The van der Waals surface area contributed by atoms with Crippen molar-refractivity contribution < 1.29 is 4.39 Å². The van der Waals surface area contributed by atoms with Gasteiger partial charge in [-0.2, -0.15) is 0 Å². The van der Waals surface area contributed by atoms with Crippen LogP contribution in [0.3, 0.4) is 0 Å². The van der Waals surface area contributed by atoms with Crippen LogP contribution in [0.15, 0.2) is 30.5 Å². The van der Waals surface area contributed by atoms with Gasteiger partial charge in [0.05, 0.1) is 0 Å². The van der Waals surface area contributed by atoms with Crippen molar-refractivity contribution in [3.05, 3.63) is 53.2 Å². The van der Waals surface area contributed by atoms with Crippen LogP contribution in [0.2, 0.25) is 0 Å². The van der Waals surface area contributed by atoms with Gasteiger partial charge in [-0.3, -0.25) is 0 Å². The molecule has 2 heterocycles. The number of fused-ring (bicyclic) bond motifs is 1. The van der Waals surface area contributed by atoms with Crippen LogP contribution in [0.25, 0.3) is 10.9 Å². The highest BCUT2D eigenvalue weighted by atomic mass is 19.1. The molecule has 108 valence electrons. The number of benzene rings is 1. The molecule has 0 unspecified atom stereocenters. The summed E-state index contributed by atoms with van der Waals surface area (Å²) in [6, 6.07) is 6.75. The first-order chi connectivity index (χ1) is 10.1. The summed E-state index contributed by atoms with van der Waals surface area (Å²) in [4.78, 5) is 11.8. The third-order valence-corrected chi connectivity index (χ3v) is 3.39. The van der Waals surface area contributed by atoms with E-state index in [9.17, 15) is 4.39 Å². The number of nitrogens with zero attached hydrogens (tertiary/aromatic N) is 2. The maximum absolute atomic E-state index is 13.1. The molecule has 0 aliphatic carbocycles. The van der Waals surface area contributed by atoms with Gasteiger partial charge in [0.25, 0.3) is 0 Å². The van der Waals surface area contributed by atoms with Crippen LogP contribution in [-0.2, 0) is 6.42 Å². The number of hydrogen-bond donors (Lipinski definition) is 2. The van der Waals surface area contributed by atoms with Crippen LogP contribution in [0.4, 0.5) is 10.3 Å². The monoisotopic (exact) mass is 284 g/mol. The maximum Gasteiger partial charge on any atom is 0.223 e. The molecule has 0 aliphatic rings. The number of nitrogens with one attached hydrogen (secondary N) is 2. The van der Waals surface area contributed by atoms with Gasteiger partial charge in [-0.1, -0.05) is 0 Å². The zero-order chi connectivity index (χ0) is 14.8. The SMILES string of the molecule is Cc1cc(C)nc(NCCc2c[nH]c3cc(F)ccc23)n1. The minimum Gasteiger partial charge on any atom is -0.361 e. The topological polar surface area (TPSA) is 53.6 Å². The van der Waals surface area contributed by atoms with Crippen LogP contribution in [0.5, 0.6) is 0 Å². The lowest BCUT2D eigenvalue weighted by atomic mass is 10.1. The molecule has 0 bridgehead atoms. The highest BCUT2D eigenvalue weighted by Gasteiger charge is 2.05. The molecule has 21 heavy (non-hydrogen) atoms. The average molecular weight is 284 g/mol. The second kappa shape index (κ2) is 5.52. The summed E-state index contributed by atoms with van der Waals surface area (Å²) in [7, 11) is 0. The molecule has 5 heteroatoms. The fraction of sp³-hybridized carbons (Fsp3) is 0.250. The van der Waals surface area contributed by atoms with E-state index in [1.165, 1.54) is 12.1 Å². The lowest BCUT2D eigenvalue weighted by Crippen LogP contribution is -2.08. The summed E-state index contributed by atoms with van der Waals surface area (Å²) in [5.74, 6) is 0.427. The number of rotatable bonds is 4. The number of anilines is 1. The number of H-pyrrole nitrogens is 1. The molecule has 0 radical (unpaired) electrons. The predicted molar refractivity (Wildman–Crippen MR) is 82.0 cm³/mol. The summed E-state index contributed by atoms with van der Waals surface area (Å²) < 4.78 is 13.1. The number of aromatic nitrogens is 3. The molecule has 0 saturated carbocycles. The number of hydrogen-bond acceptors (Lipinski definition) is 3. The molecule has 3 aromatic rings. The van der Waals surface area contributed by atoms with Crippen LogP contribution < -0.4 is 5.32 Å². The van der Waals surface area contributed by atoms with Crippen molar-refractivity contribution in [2.24, 2.45) is 0 Å². The lowest BCUT2D eigenvalue weighted by molar-refractivity contribution is 0.629. The van der Waals surface area contributed by atoms with Gasteiger partial charge in [0.1, 0.15) is 5.82 Å². The van der Waals surface area contributed by atoms with E-state index in [2.05, 4.69) is 20.3 Å². The smallest absolute Gasteiger partial charge is 0.223 e. The number of halogens is 1. The van der Waals surface area contributed by atoms with E-state index >= 15 is 0 Å². The van der Waals surface area contributed by atoms with E-state index < -0.39 is 0 Å². The molecule has 2 aromatic heterocycles. The Bertz CT molecular complexity index is 759. The van der Waals surface area contributed by atoms with Gasteiger partial charge >= 0.3 is 0 Å². The Hall–Kier alpha value is -2.43. The Morgan fingerprint density at radius 1 is 1.14 bits per heavy atom. The Labute approximate surface area is 122 Å². The Morgan fingerprint density at radius 2 is 1.90 bits per heavy atom. The van der Waals surface area contributed by atoms with Crippen molar-refractivity contribution >= 4 is 16.9 Å². The van der Waals surface area contributed by atoms with E-state index in [0.717, 1.165) is 40.8 Å². The van der Waals surface area contributed by atoms with Crippen molar-refractivity contribution in [2.75, 3.05) is 11.9 Å². The number of aromatic amines is 1. The summed E-state index contributed by atoms with van der Waals surface area (Å²) in [5.41, 5.74) is 3.88. The molecule has 0 atom stereocenters. The summed E-state index contributed by atoms with van der Waals surface area (Å²) in [6.07, 6.45) is 2.75. The van der Waals surface area contributed by atoms with Gasteiger partial charge in [0, 0.05) is 35.0 Å². The van der Waals surface area contributed by atoms with Crippen molar-refractivity contribution in [3.8, 4) is 0 Å². The van der Waals surface area contributed by atoms with E-state index in [1.807, 2.05) is 32.2 Å². The summed E-state index contributed by atoms with van der Waals surface area (Å²) >= 11 is 0. The van der Waals surface area contributed by atoms with Crippen molar-refractivity contribution in [1.29, 1.82) is 0 Å². The minimum absolute atomic E-state index is 0.224. The average Bonchev–Trinajstić information content (AvgIpc) is 2.80. The standard InChI is InChI=1S/C16H17FN4/c1-10-7-11(2)21-16(20-10)18-6-5-12-9-19-15-8-13(17)3-4-14(12)15/h3-4,7-9,19H,5-6H2,1-2H3,(H,18,20,21). The Kier molecular flexibility index (Phi) is 3.56. The normalized spacial score (nSPS) is 11.0. The first kappa shape index (κ1) is 13.5. The quantitative estimate of drug-likeness (QED) is 0.772. The third-order valence-electron chi connectivity index (χ3n) is 3.39. The molecule has 0 aliphatic heterocycles. The molecule has 0 fully saturated rings. The minimum atomic E-state index is -0.224. The fourth-order valence-electron chi connectivity index (χ4n) is 2.48. The third kappa shape index (κ3) is 3.02. The van der Waals surface area contributed by atoms with Gasteiger partial charge in [-0.15, -0.1) is 0 Å². The molecule has 1 aromatic carbocycles. The Balaban J connectivity index is 1.69. The van der Waals surface area contributed by atoms with Crippen molar-refractivity contribution in [1.82, 2.24) is 15.0 Å². The first-order valence-electron chi connectivity index (χ1n) is 6.93. The highest BCUT2D eigenvalue weighted by molar-refractivity contribution is 5.83. The van der Waals surface area contributed by atoms with Crippen LogP contribution >= 0.6 is 0 Å². The second-order valence-electron chi connectivity index (χ2n) is 5.15. The molecule has 4 nitrogen and oxygen atoms in total. The molecular formula is C16H17FN4. The molecule has 3 rings (SSSR count). The molecule has 0 saturated heterocycles. The van der Waals surface area contributed by atoms with E-state index in [1.54, 1.807) is 0 Å². The van der Waals surface area contributed by atoms with Gasteiger partial charge in [0.2, 0.25) is 5.95 Å².